The topological polar surface area (TPSA) is 12.9 Å². The van der Waals surface area contributed by atoms with Crippen molar-refractivity contribution in [3.05, 3.63) is 39.0 Å². The Hall–Kier alpha value is -0.600. The van der Waals surface area contributed by atoms with Crippen LogP contribution in [0.5, 0.6) is 0 Å². The maximum atomic E-state index is 6.27. The third-order valence-corrected chi connectivity index (χ3v) is 4.12. The van der Waals surface area contributed by atoms with Gasteiger partial charge < -0.3 is 0 Å². The average molecular weight is 285 g/mol. The molecule has 0 aliphatic carbocycles. The molecule has 0 fully saturated rings. The molecule has 0 spiro atoms. The predicted octanol–water partition coefficient (Wildman–Crippen LogP) is 4.52. The van der Waals surface area contributed by atoms with Crippen molar-refractivity contribution < 1.29 is 0 Å². The zero-order valence-corrected chi connectivity index (χ0v) is 11.0. The SMILES string of the molecule is CCc1cccc2c(Cl)c(Br)c(C)nc12. The van der Waals surface area contributed by atoms with Crippen LogP contribution in [0.4, 0.5) is 0 Å². The van der Waals surface area contributed by atoms with Crippen LogP contribution in [0.2, 0.25) is 5.02 Å². The van der Waals surface area contributed by atoms with Crippen LogP contribution in [-0.2, 0) is 6.42 Å². The smallest absolute Gasteiger partial charge is 0.0752 e. The van der Waals surface area contributed by atoms with Gasteiger partial charge in [0.05, 0.1) is 20.7 Å². The number of rotatable bonds is 1. The number of para-hydroxylation sites is 1. The Bertz CT molecular complexity index is 523. The first-order valence-corrected chi connectivity index (χ1v) is 6.05. The van der Waals surface area contributed by atoms with Gasteiger partial charge in [0, 0.05) is 5.39 Å². The summed E-state index contributed by atoms with van der Waals surface area (Å²) >= 11 is 9.73. The Labute approximate surface area is 103 Å². The maximum absolute atomic E-state index is 6.27. The van der Waals surface area contributed by atoms with E-state index in [1.54, 1.807) is 0 Å². The first-order valence-electron chi connectivity index (χ1n) is 4.88. The van der Waals surface area contributed by atoms with E-state index < -0.39 is 0 Å². The highest BCUT2D eigenvalue weighted by Gasteiger charge is 2.10. The summed E-state index contributed by atoms with van der Waals surface area (Å²) in [7, 11) is 0. The largest absolute Gasteiger partial charge is 0.252 e. The van der Waals surface area contributed by atoms with Crippen LogP contribution in [0.3, 0.4) is 0 Å². The summed E-state index contributed by atoms with van der Waals surface area (Å²) in [6.07, 6.45) is 0.974. The Kier molecular flexibility index (Phi) is 2.98. The summed E-state index contributed by atoms with van der Waals surface area (Å²) in [5, 5.41) is 1.78. The number of fused-ring (bicyclic) bond motifs is 1. The lowest BCUT2D eigenvalue weighted by atomic mass is 10.1. The van der Waals surface area contributed by atoms with Gasteiger partial charge in [0.2, 0.25) is 0 Å². The molecule has 1 aromatic carbocycles. The molecule has 3 heteroatoms. The minimum absolute atomic E-state index is 0.757. The lowest BCUT2D eigenvalue weighted by molar-refractivity contribution is 1.13. The second-order valence-corrected chi connectivity index (χ2v) is 4.66. The van der Waals surface area contributed by atoms with Crippen molar-refractivity contribution in [3.8, 4) is 0 Å². The maximum Gasteiger partial charge on any atom is 0.0752 e. The van der Waals surface area contributed by atoms with Crippen molar-refractivity contribution >= 4 is 38.4 Å². The van der Waals surface area contributed by atoms with E-state index in [0.29, 0.717) is 0 Å². The summed E-state index contributed by atoms with van der Waals surface area (Å²) in [5.41, 5.74) is 3.20. The van der Waals surface area contributed by atoms with E-state index in [0.717, 1.165) is 32.5 Å². The van der Waals surface area contributed by atoms with E-state index in [9.17, 15) is 0 Å². The van der Waals surface area contributed by atoms with E-state index in [-0.39, 0.29) is 0 Å². The van der Waals surface area contributed by atoms with Crippen LogP contribution in [0.1, 0.15) is 18.2 Å². The van der Waals surface area contributed by atoms with Gasteiger partial charge in [-0.25, -0.2) is 0 Å². The highest BCUT2D eigenvalue weighted by molar-refractivity contribution is 9.10. The highest BCUT2D eigenvalue weighted by Crippen LogP contribution is 2.33. The van der Waals surface area contributed by atoms with Gasteiger partial charge in [-0.3, -0.25) is 4.98 Å². The zero-order chi connectivity index (χ0) is 11.0. The van der Waals surface area contributed by atoms with Gasteiger partial charge in [0.15, 0.2) is 0 Å². The number of hydrogen-bond donors (Lipinski definition) is 0. The van der Waals surface area contributed by atoms with E-state index in [1.165, 1.54) is 5.56 Å². The first kappa shape index (κ1) is 10.9. The molecule has 78 valence electrons. The predicted molar refractivity (Wildman–Crippen MR) is 68.6 cm³/mol. The van der Waals surface area contributed by atoms with Crippen molar-refractivity contribution in [1.29, 1.82) is 0 Å². The van der Waals surface area contributed by atoms with E-state index in [1.807, 2.05) is 19.1 Å². The summed E-state index contributed by atoms with van der Waals surface area (Å²) in [6, 6.07) is 6.13. The second-order valence-electron chi connectivity index (χ2n) is 3.49. The van der Waals surface area contributed by atoms with Crippen molar-refractivity contribution in [1.82, 2.24) is 4.98 Å². The number of benzene rings is 1. The molecule has 0 radical (unpaired) electrons. The minimum Gasteiger partial charge on any atom is -0.252 e. The highest BCUT2D eigenvalue weighted by atomic mass is 79.9. The molecule has 2 rings (SSSR count). The van der Waals surface area contributed by atoms with Crippen LogP contribution >= 0.6 is 27.5 Å². The fourth-order valence-corrected chi connectivity index (χ4v) is 2.27. The van der Waals surface area contributed by atoms with Gasteiger partial charge >= 0.3 is 0 Å². The Morgan fingerprint density at radius 1 is 1.40 bits per heavy atom. The molecule has 0 saturated carbocycles. The lowest BCUT2D eigenvalue weighted by Gasteiger charge is -2.08. The molecule has 0 bridgehead atoms. The normalized spacial score (nSPS) is 10.9. The number of halogens is 2. The molecule has 1 aromatic heterocycles. The third-order valence-electron chi connectivity index (χ3n) is 2.53. The van der Waals surface area contributed by atoms with Crippen LogP contribution in [-0.4, -0.2) is 4.98 Å². The van der Waals surface area contributed by atoms with Crippen molar-refractivity contribution in [2.75, 3.05) is 0 Å². The monoisotopic (exact) mass is 283 g/mol. The summed E-state index contributed by atoms with van der Waals surface area (Å²) in [4.78, 5) is 4.58. The molecule has 2 aromatic rings. The quantitative estimate of drug-likeness (QED) is 0.750. The van der Waals surface area contributed by atoms with Gasteiger partial charge in [-0.2, -0.15) is 0 Å². The molecular weight excluding hydrogens is 273 g/mol. The van der Waals surface area contributed by atoms with Crippen molar-refractivity contribution in [3.63, 3.8) is 0 Å². The molecule has 0 atom stereocenters. The molecule has 1 heterocycles. The number of pyridine rings is 1. The average Bonchev–Trinajstić information content (AvgIpc) is 2.25. The van der Waals surface area contributed by atoms with Gasteiger partial charge in [-0.1, -0.05) is 36.7 Å². The Balaban J connectivity index is 2.91. The van der Waals surface area contributed by atoms with Crippen LogP contribution in [0.15, 0.2) is 22.7 Å². The molecular formula is C12H11BrClN. The molecule has 0 amide bonds. The number of aryl methyl sites for hydroxylation is 2. The summed E-state index contributed by atoms with van der Waals surface area (Å²) < 4.78 is 0.893. The molecule has 15 heavy (non-hydrogen) atoms. The Morgan fingerprint density at radius 2 is 2.13 bits per heavy atom. The molecule has 0 saturated heterocycles. The lowest BCUT2D eigenvalue weighted by Crippen LogP contribution is -1.92. The van der Waals surface area contributed by atoms with Crippen LogP contribution < -0.4 is 0 Å². The second kappa shape index (κ2) is 4.11. The number of hydrogen-bond acceptors (Lipinski definition) is 1. The Morgan fingerprint density at radius 3 is 2.80 bits per heavy atom. The van der Waals surface area contributed by atoms with E-state index >= 15 is 0 Å². The molecule has 0 aliphatic heterocycles. The fourth-order valence-electron chi connectivity index (χ4n) is 1.68. The van der Waals surface area contributed by atoms with Crippen LogP contribution in [0.25, 0.3) is 10.9 Å². The minimum atomic E-state index is 0.757. The third kappa shape index (κ3) is 1.77. The van der Waals surface area contributed by atoms with Gasteiger partial charge in [0.25, 0.3) is 0 Å². The molecule has 0 unspecified atom stereocenters. The summed E-state index contributed by atoms with van der Waals surface area (Å²) in [6.45, 7) is 4.09. The zero-order valence-electron chi connectivity index (χ0n) is 8.64. The molecule has 0 aliphatic rings. The first-order chi connectivity index (χ1) is 7.15. The van der Waals surface area contributed by atoms with Crippen molar-refractivity contribution in [2.45, 2.75) is 20.3 Å². The van der Waals surface area contributed by atoms with Gasteiger partial charge in [0.1, 0.15) is 0 Å². The standard InChI is InChI=1S/C12H11BrClN/c1-3-8-5-4-6-9-11(14)10(13)7(2)15-12(8)9/h4-6H,3H2,1-2H3. The van der Waals surface area contributed by atoms with E-state index in [4.69, 9.17) is 11.6 Å². The number of nitrogens with zero attached hydrogens (tertiary/aromatic N) is 1. The number of aromatic nitrogens is 1. The summed E-state index contributed by atoms with van der Waals surface area (Å²) in [5.74, 6) is 0. The van der Waals surface area contributed by atoms with Gasteiger partial charge in [-0.15, -0.1) is 0 Å². The molecule has 1 nitrogen and oxygen atoms in total. The van der Waals surface area contributed by atoms with Crippen LogP contribution in [0, 0.1) is 6.92 Å². The molecule has 0 N–H and O–H groups in total. The van der Waals surface area contributed by atoms with E-state index in [2.05, 4.69) is 33.9 Å². The van der Waals surface area contributed by atoms with Crippen molar-refractivity contribution in [2.24, 2.45) is 0 Å². The fraction of sp³-hybridized carbons (Fsp3) is 0.250. The van der Waals surface area contributed by atoms with Gasteiger partial charge in [-0.05, 0) is 34.8 Å².